The van der Waals surface area contributed by atoms with Gasteiger partial charge in [0.05, 0.1) is 5.69 Å². The fraction of sp³-hybridized carbons (Fsp3) is 0.333. The van der Waals surface area contributed by atoms with Gasteiger partial charge in [-0.25, -0.2) is 4.98 Å². The molecule has 0 atom stereocenters. The molecule has 7 heteroatoms. The van der Waals surface area contributed by atoms with Crippen LogP contribution in [0, 0.1) is 13.8 Å². The fourth-order valence-corrected chi connectivity index (χ4v) is 5.12. The average molecular weight is 414 g/mol. The maximum atomic E-state index is 12.9. The number of carbonyl (C=O) groups is 1. The van der Waals surface area contributed by atoms with Gasteiger partial charge in [-0.2, -0.15) is 11.8 Å². The number of rotatable bonds is 5. The van der Waals surface area contributed by atoms with Crippen LogP contribution in [-0.4, -0.2) is 40.4 Å². The highest BCUT2D eigenvalue weighted by Gasteiger charge is 2.19. The Hall–Kier alpha value is -2.09. The van der Waals surface area contributed by atoms with Gasteiger partial charge in [-0.15, -0.1) is 11.3 Å². The molecule has 1 aliphatic heterocycles. The number of anilines is 1. The number of thioether (sulfide) groups is 1. The number of aromatic nitrogens is 1. The zero-order chi connectivity index (χ0) is 19.5. The molecule has 1 aromatic carbocycles. The molecule has 1 amide bonds. The Kier molecular flexibility index (Phi) is 5.85. The van der Waals surface area contributed by atoms with E-state index < -0.39 is 0 Å². The summed E-state index contributed by atoms with van der Waals surface area (Å²) < 4.78 is 5.65. The van der Waals surface area contributed by atoms with Crippen LogP contribution in [0.4, 0.5) is 5.69 Å². The summed E-state index contributed by atoms with van der Waals surface area (Å²) in [6, 6.07) is 11.8. The average Bonchev–Trinajstić information content (AvgIpc) is 3.30. The lowest BCUT2D eigenvalue weighted by molar-refractivity contribution is 0.102. The summed E-state index contributed by atoms with van der Waals surface area (Å²) in [6.07, 6.45) is 0. The molecule has 2 aromatic heterocycles. The molecule has 1 fully saturated rings. The van der Waals surface area contributed by atoms with E-state index in [2.05, 4.69) is 21.3 Å². The van der Waals surface area contributed by atoms with E-state index in [4.69, 9.17) is 4.42 Å². The number of thiazole rings is 1. The third-order valence-electron chi connectivity index (χ3n) is 4.72. The smallest absolute Gasteiger partial charge is 0.267 e. The van der Waals surface area contributed by atoms with Crippen LogP contribution in [0.1, 0.15) is 26.7 Å². The number of hydrogen-bond acceptors (Lipinski definition) is 6. The van der Waals surface area contributed by atoms with Gasteiger partial charge in [0.2, 0.25) is 0 Å². The molecule has 1 aliphatic rings. The zero-order valence-corrected chi connectivity index (χ0v) is 17.7. The highest BCUT2D eigenvalue weighted by atomic mass is 32.2. The van der Waals surface area contributed by atoms with Crippen molar-refractivity contribution in [2.45, 2.75) is 20.4 Å². The van der Waals surface area contributed by atoms with Crippen molar-refractivity contribution in [3.8, 4) is 10.8 Å². The summed E-state index contributed by atoms with van der Waals surface area (Å²) in [5.74, 6) is 3.76. The third kappa shape index (κ3) is 4.32. The predicted octanol–water partition coefficient (Wildman–Crippen LogP) is 4.82. The van der Waals surface area contributed by atoms with Crippen LogP contribution < -0.4 is 5.32 Å². The van der Waals surface area contributed by atoms with E-state index in [1.54, 1.807) is 0 Å². The van der Waals surface area contributed by atoms with Crippen molar-refractivity contribution in [1.82, 2.24) is 9.88 Å². The normalized spacial score (nSPS) is 14.9. The Balaban J connectivity index is 1.52. The Morgan fingerprint density at radius 1 is 1.18 bits per heavy atom. The zero-order valence-electron chi connectivity index (χ0n) is 16.0. The molecule has 0 saturated carbocycles. The van der Waals surface area contributed by atoms with Crippen molar-refractivity contribution in [2.75, 3.05) is 29.9 Å². The second kappa shape index (κ2) is 8.51. The highest BCUT2D eigenvalue weighted by molar-refractivity contribution is 7.99. The molecule has 0 bridgehead atoms. The van der Waals surface area contributed by atoms with E-state index in [1.165, 1.54) is 22.8 Å². The van der Waals surface area contributed by atoms with Crippen molar-refractivity contribution in [2.24, 2.45) is 0 Å². The molecule has 3 aromatic rings. The van der Waals surface area contributed by atoms with Gasteiger partial charge < -0.3 is 9.73 Å². The van der Waals surface area contributed by atoms with Gasteiger partial charge >= 0.3 is 0 Å². The van der Waals surface area contributed by atoms with E-state index in [1.807, 2.05) is 55.9 Å². The lowest BCUT2D eigenvalue weighted by Gasteiger charge is -2.27. The maximum Gasteiger partial charge on any atom is 0.267 e. The second-order valence-electron chi connectivity index (χ2n) is 6.84. The monoisotopic (exact) mass is 413 g/mol. The molecule has 0 spiro atoms. The number of para-hydroxylation sites is 1. The van der Waals surface area contributed by atoms with Crippen LogP contribution in [0.5, 0.6) is 0 Å². The van der Waals surface area contributed by atoms with Gasteiger partial charge in [0, 0.05) is 36.8 Å². The number of nitrogens with one attached hydrogen (secondary N) is 1. The Labute approximate surface area is 173 Å². The topological polar surface area (TPSA) is 58.4 Å². The first kappa shape index (κ1) is 19.2. The lowest BCUT2D eigenvalue weighted by atomic mass is 10.1. The molecule has 5 nitrogen and oxygen atoms in total. The number of amides is 1. The Bertz CT molecular complexity index is 974. The first-order chi connectivity index (χ1) is 13.6. The molecule has 0 unspecified atom stereocenters. The van der Waals surface area contributed by atoms with Gasteiger partial charge in [0.25, 0.3) is 5.91 Å². The van der Waals surface area contributed by atoms with Gasteiger partial charge in [-0.1, -0.05) is 18.2 Å². The molecule has 4 rings (SSSR count). The summed E-state index contributed by atoms with van der Waals surface area (Å²) in [7, 11) is 0. The van der Waals surface area contributed by atoms with Crippen LogP contribution in [0.15, 0.2) is 40.8 Å². The summed E-state index contributed by atoms with van der Waals surface area (Å²) in [4.78, 5) is 20.5. The number of furan rings is 1. The molecule has 0 radical (unpaired) electrons. The van der Waals surface area contributed by atoms with E-state index >= 15 is 0 Å². The van der Waals surface area contributed by atoms with Crippen molar-refractivity contribution in [3.63, 3.8) is 0 Å². The molecule has 3 heterocycles. The minimum absolute atomic E-state index is 0.119. The van der Waals surface area contributed by atoms with E-state index in [9.17, 15) is 4.79 Å². The van der Waals surface area contributed by atoms with Crippen LogP contribution >= 0.6 is 23.1 Å². The highest BCUT2D eigenvalue weighted by Crippen LogP contribution is 2.30. The molecular weight excluding hydrogens is 390 g/mol. The first-order valence-electron chi connectivity index (χ1n) is 9.34. The molecule has 1 saturated heterocycles. The van der Waals surface area contributed by atoms with Crippen molar-refractivity contribution >= 4 is 34.7 Å². The second-order valence-corrected chi connectivity index (χ2v) is 9.07. The lowest BCUT2D eigenvalue weighted by Crippen LogP contribution is -2.32. The quantitative estimate of drug-likeness (QED) is 0.650. The van der Waals surface area contributed by atoms with Gasteiger partial charge in [-0.05, 0) is 37.6 Å². The van der Waals surface area contributed by atoms with Crippen molar-refractivity contribution in [3.05, 3.63) is 58.3 Å². The van der Waals surface area contributed by atoms with E-state index in [0.29, 0.717) is 10.6 Å². The van der Waals surface area contributed by atoms with Crippen LogP contribution in [0.3, 0.4) is 0 Å². The molecule has 0 aliphatic carbocycles. The van der Waals surface area contributed by atoms with Crippen molar-refractivity contribution in [1.29, 1.82) is 0 Å². The number of aryl methyl sites for hydroxylation is 2. The van der Waals surface area contributed by atoms with Gasteiger partial charge in [0.15, 0.2) is 10.8 Å². The molecule has 1 N–H and O–H groups in total. The van der Waals surface area contributed by atoms with Crippen LogP contribution in [0.25, 0.3) is 10.8 Å². The van der Waals surface area contributed by atoms with Gasteiger partial charge in [0.1, 0.15) is 10.6 Å². The van der Waals surface area contributed by atoms with Crippen molar-refractivity contribution < 1.29 is 9.21 Å². The fourth-order valence-electron chi connectivity index (χ4n) is 3.22. The molecule has 28 heavy (non-hydrogen) atoms. The summed E-state index contributed by atoms with van der Waals surface area (Å²) in [5, 5.41) is 3.83. The summed E-state index contributed by atoms with van der Waals surface area (Å²) >= 11 is 3.36. The van der Waals surface area contributed by atoms with Crippen LogP contribution in [-0.2, 0) is 6.54 Å². The van der Waals surface area contributed by atoms with E-state index in [-0.39, 0.29) is 5.91 Å². The largest absolute Gasteiger partial charge is 0.459 e. The number of benzene rings is 1. The Morgan fingerprint density at radius 2 is 1.96 bits per heavy atom. The molecule has 146 valence electrons. The number of carbonyl (C=O) groups excluding carboxylic acids is 1. The van der Waals surface area contributed by atoms with E-state index in [0.717, 1.165) is 47.3 Å². The number of hydrogen-bond donors (Lipinski definition) is 1. The third-order valence-corrected chi connectivity index (χ3v) is 6.83. The minimum Gasteiger partial charge on any atom is -0.459 e. The summed E-state index contributed by atoms with van der Waals surface area (Å²) in [6.45, 7) is 6.80. The predicted molar refractivity (Wildman–Crippen MR) is 116 cm³/mol. The van der Waals surface area contributed by atoms with Crippen LogP contribution in [0.2, 0.25) is 0 Å². The van der Waals surface area contributed by atoms with Gasteiger partial charge in [-0.3, -0.25) is 9.69 Å². The standard InChI is InChI=1S/C21H23N3O2S2/c1-14-7-8-18(26-14)21-22-15(2)19(28-21)20(25)23-17-6-4-3-5-16(17)13-24-9-11-27-12-10-24/h3-8H,9-13H2,1-2H3,(H,23,25). The maximum absolute atomic E-state index is 12.9. The first-order valence-corrected chi connectivity index (χ1v) is 11.3. The summed E-state index contributed by atoms with van der Waals surface area (Å²) in [5.41, 5.74) is 2.73. The molecular formula is C21H23N3O2S2. The minimum atomic E-state index is -0.119. The Morgan fingerprint density at radius 3 is 2.71 bits per heavy atom. The SMILES string of the molecule is Cc1ccc(-c2nc(C)c(C(=O)Nc3ccccc3CN3CCSCC3)s2)o1. The number of nitrogens with zero attached hydrogens (tertiary/aromatic N) is 2.